The largest absolute Gasteiger partial charge is 0.419 e. The normalized spacial score (nSPS) is 29.5. The molecule has 1 atom stereocenters. The van der Waals surface area contributed by atoms with Crippen LogP contribution in [0.15, 0.2) is 23.3 Å². The third kappa shape index (κ3) is 1.41. The van der Waals surface area contributed by atoms with Crippen molar-refractivity contribution in [3.8, 4) is 0 Å². The van der Waals surface area contributed by atoms with Crippen molar-refractivity contribution >= 4 is 11.8 Å². The molecule has 2 aliphatic rings. The van der Waals surface area contributed by atoms with Crippen molar-refractivity contribution in [2.45, 2.75) is 26.6 Å². The van der Waals surface area contributed by atoms with E-state index < -0.39 is 11.8 Å². The maximum Gasteiger partial charge on any atom is 0.335 e. The van der Waals surface area contributed by atoms with Gasteiger partial charge in [0.2, 0.25) is 5.78 Å². The Morgan fingerprint density at radius 1 is 1.31 bits per heavy atom. The van der Waals surface area contributed by atoms with E-state index in [1.54, 1.807) is 19.1 Å². The first-order chi connectivity index (χ1) is 7.47. The SMILES string of the molecule is CC1=CC=C(C(C)C)C(=O)[C@]12OCC(=O)O2. The van der Waals surface area contributed by atoms with Gasteiger partial charge < -0.3 is 9.47 Å². The Balaban J connectivity index is 2.43. The van der Waals surface area contributed by atoms with Gasteiger partial charge in [-0.3, -0.25) is 4.79 Å². The molecule has 0 unspecified atom stereocenters. The molecule has 1 fully saturated rings. The van der Waals surface area contributed by atoms with Crippen LogP contribution in [0.2, 0.25) is 0 Å². The minimum absolute atomic E-state index is 0.0802. The predicted octanol–water partition coefficient (Wildman–Crippen LogP) is 1.37. The second-order valence-electron chi connectivity index (χ2n) is 4.33. The van der Waals surface area contributed by atoms with Crippen LogP contribution in [0, 0.1) is 5.92 Å². The molecule has 0 amide bonds. The maximum atomic E-state index is 12.2. The molecule has 0 bridgehead atoms. The first-order valence-electron chi connectivity index (χ1n) is 5.27. The van der Waals surface area contributed by atoms with Crippen LogP contribution in [-0.4, -0.2) is 24.1 Å². The Labute approximate surface area is 93.9 Å². The van der Waals surface area contributed by atoms with Crippen molar-refractivity contribution in [3.05, 3.63) is 23.3 Å². The molecule has 1 aliphatic carbocycles. The standard InChI is InChI=1S/C12H14O4/c1-7(2)9-5-4-8(3)12(11(9)14)15-6-10(13)16-12/h4-5,7H,6H2,1-3H3/t12-/m0/s1. The summed E-state index contributed by atoms with van der Waals surface area (Å²) >= 11 is 0. The summed E-state index contributed by atoms with van der Waals surface area (Å²) < 4.78 is 10.3. The number of ether oxygens (including phenoxy) is 2. The molecule has 0 saturated carbocycles. The number of allylic oxidation sites excluding steroid dienone is 2. The lowest BCUT2D eigenvalue weighted by atomic mass is 9.86. The molecule has 0 radical (unpaired) electrons. The van der Waals surface area contributed by atoms with Gasteiger partial charge in [0, 0.05) is 11.1 Å². The lowest BCUT2D eigenvalue weighted by molar-refractivity contribution is -0.172. The van der Waals surface area contributed by atoms with Crippen molar-refractivity contribution in [1.82, 2.24) is 0 Å². The molecule has 4 heteroatoms. The second-order valence-corrected chi connectivity index (χ2v) is 4.33. The number of carbonyl (C=O) groups excluding carboxylic acids is 2. The molecule has 0 N–H and O–H groups in total. The summed E-state index contributed by atoms with van der Waals surface area (Å²) in [5.74, 6) is -2.15. The molecule has 2 rings (SSSR count). The molecule has 1 saturated heterocycles. The maximum absolute atomic E-state index is 12.2. The van der Waals surface area contributed by atoms with E-state index in [4.69, 9.17) is 9.47 Å². The van der Waals surface area contributed by atoms with E-state index in [9.17, 15) is 9.59 Å². The van der Waals surface area contributed by atoms with Crippen molar-refractivity contribution < 1.29 is 19.1 Å². The fourth-order valence-corrected chi connectivity index (χ4v) is 1.91. The van der Waals surface area contributed by atoms with E-state index >= 15 is 0 Å². The number of hydrogen-bond acceptors (Lipinski definition) is 4. The molecule has 4 nitrogen and oxygen atoms in total. The van der Waals surface area contributed by atoms with Crippen LogP contribution < -0.4 is 0 Å². The Hall–Kier alpha value is -1.42. The number of ketones is 1. The van der Waals surface area contributed by atoms with Crippen LogP contribution in [-0.2, 0) is 19.1 Å². The van der Waals surface area contributed by atoms with Crippen LogP contribution in [0.3, 0.4) is 0 Å². The van der Waals surface area contributed by atoms with Gasteiger partial charge in [0.05, 0.1) is 0 Å². The summed E-state index contributed by atoms with van der Waals surface area (Å²) in [6, 6.07) is 0. The van der Waals surface area contributed by atoms with Gasteiger partial charge in [-0.2, -0.15) is 0 Å². The Morgan fingerprint density at radius 2 is 2.00 bits per heavy atom. The Morgan fingerprint density at radius 3 is 2.50 bits per heavy atom. The lowest BCUT2D eigenvalue weighted by Crippen LogP contribution is -2.44. The average molecular weight is 222 g/mol. The van der Waals surface area contributed by atoms with E-state index in [0.717, 1.165) is 0 Å². The van der Waals surface area contributed by atoms with Gasteiger partial charge in [0.1, 0.15) is 6.61 Å². The highest BCUT2D eigenvalue weighted by Gasteiger charge is 2.52. The van der Waals surface area contributed by atoms with Crippen LogP contribution >= 0.6 is 0 Å². The summed E-state index contributed by atoms with van der Waals surface area (Å²) in [5.41, 5.74) is 1.24. The molecule has 16 heavy (non-hydrogen) atoms. The van der Waals surface area contributed by atoms with Crippen LogP contribution in [0.5, 0.6) is 0 Å². The van der Waals surface area contributed by atoms with E-state index in [-0.39, 0.29) is 18.3 Å². The topological polar surface area (TPSA) is 52.6 Å². The highest BCUT2D eigenvalue weighted by molar-refractivity contribution is 6.06. The van der Waals surface area contributed by atoms with Gasteiger partial charge in [-0.25, -0.2) is 4.79 Å². The van der Waals surface area contributed by atoms with Gasteiger partial charge in [-0.05, 0) is 12.8 Å². The highest BCUT2D eigenvalue weighted by atomic mass is 16.8. The molecule has 86 valence electrons. The molecule has 0 aromatic heterocycles. The number of carbonyl (C=O) groups is 2. The molecule has 1 aliphatic heterocycles. The van der Waals surface area contributed by atoms with Crippen LogP contribution in [0.4, 0.5) is 0 Å². The summed E-state index contributed by atoms with van der Waals surface area (Å²) in [6.45, 7) is 5.40. The zero-order chi connectivity index (χ0) is 11.9. The van der Waals surface area contributed by atoms with Crippen LogP contribution in [0.25, 0.3) is 0 Å². The van der Waals surface area contributed by atoms with Crippen LogP contribution in [0.1, 0.15) is 20.8 Å². The Kier molecular flexibility index (Phi) is 2.46. The molecule has 0 aromatic carbocycles. The lowest BCUT2D eigenvalue weighted by Gasteiger charge is -2.30. The van der Waals surface area contributed by atoms with Gasteiger partial charge in [-0.15, -0.1) is 0 Å². The summed E-state index contributed by atoms with van der Waals surface area (Å²) in [4.78, 5) is 23.4. The molecule has 0 aromatic rings. The first kappa shape index (κ1) is 11.1. The van der Waals surface area contributed by atoms with Gasteiger partial charge in [-0.1, -0.05) is 26.0 Å². The zero-order valence-corrected chi connectivity index (χ0v) is 9.57. The Bertz CT molecular complexity index is 417. The molecule has 1 heterocycles. The first-order valence-corrected chi connectivity index (χ1v) is 5.27. The monoisotopic (exact) mass is 222 g/mol. The minimum Gasteiger partial charge on any atom is -0.419 e. The van der Waals surface area contributed by atoms with Gasteiger partial charge >= 0.3 is 11.8 Å². The van der Waals surface area contributed by atoms with E-state index in [0.29, 0.717) is 11.1 Å². The number of hydrogen-bond donors (Lipinski definition) is 0. The van der Waals surface area contributed by atoms with Gasteiger partial charge in [0.25, 0.3) is 0 Å². The average Bonchev–Trinajstić information content (AvgIpc) is 2.59. The fraction of sp³-hybridized carbons (Fsp3) is 0.500. The van der Waals surface area contributed by atoms with Crippen molar-refractivity contribution in [2.24, 2.45) is 5.92 Å². The van der Waals surface area contributed by atoms with E-state index in [2.05, 4.69) is 0 Å². The highest BCUT2D eigenvalue weighted by Crippen LogP contribution is 2.36. The smallest absolute Gasteiger partial charge is 0.335 e. The third-order valence-corrected chi connectivity index (χ3v) is 2.87. The summed E-state index contributed by atoms with van der Waals surface area (Å²) in [7, 11) is 0. The number of esters is 1. The second kappa shape index (κ2) is 3.56. The third-order valence-electron chi connectivity index (χ3n) is 2.87. The number of rotatable bonds is 1. The molecular weight excluding hydrogens is 208 g/mol. The van der Waals surface area contributed by atoms with Crippen molar-refractivity contribution in [2.75, 3.05) is 6.61 Å². The van der Waals surface area contributed by atoms with E-state index in [1.165, 1.54) is 0 Å². The van der Waals surface area contributed by atoms with Crippen molar-refractivity contribution in [3.63, 3.8) is 0 Å². The predicted molar refractivity (Wildman–Crippen MR) is 56.5 cm³/mol. The van der Waals surface area contributed by atoms with Crippen molar-refractivity contribution in [1.29, 1.82) is 0 Å². The molecular formula is C12H14O4. The summed E-state index contributed by atoms with van der Waals surface area (Å²) in [5, 5.41) is 0. The van der Waals surface area contributed by atoms with Gasteiger partial charge in [0.15, 0.2) is 0 Å². The number of Topliss-reactive ketones (excluding diaryl/α,β-unsaturated/α-hetero) is 1. The summed E-state index contributed by atoms with van der Waals surface area (Å²) in [6.07, 6.45) is 3.54. The minimum atomic E-state index is -1.48. The zero-order valence-electron chi connectivity index (χ0n) is 9.57. The fourth-order valence-electron chi connectivity index (χ4n) is 1.91. The molecule has 1 spiro atoms. The van der Waals surface area contributed by atoms with E-state index in [1.807, 2.05) is 13.8 Å². The quantitative estimate of drug-likeness (QED) is 0.629.